The van der Waals surface area contributed by atoms with Gasteiger partial charge in [-0.15, -0.1) is 10.2 Å². The molecule has 2 aromatic carbocycles. The first-order chi connectivity index (χ1) is 16.0. The Labute approximate surface area is 195 Å². The van der Waals surface area contributed by atoms with E-state index in [4.69, 9.17) is 4.42 Å². The summed E-state index contributed by atoms with van der Waals surface area (Å²) in [6.07, 6.45) is 3.28. The summed E-state index contributed by atoms with van der Waals surface area (Å²) in [5.74, 6) is 1.33. The summed E-state index contributed by atoms with van der Waals surface area (Å²) in [6, 6.07) is 15.5. The van der Waals surface area contributed by atoms with Crippen molar-refractivity contribution < 1.29 is 8.63 Å². The van der Waals surface area contributed by atoms with Crippen molar-refractivity contribution >= 4 is 10.8 Å². The van der Waals surface area contributed by atoms with Crippen molar-refractivity contribution in [1.82, 2.24) is 30.4 Å². The Morgan fingerprint density at radius 3 is 2.27 bits per heavy atom. The Kier molecular flexibility index (Phi) is 7.33. The maximum atomic E-state index is 12.4. The number of hydrogen-bond acceptors (Lipinski definition) is 8. The van der Waals surface area contributed by atoms with E-state index in [9.17, 15) is 4.21 Å². The van der Waals surface area contributed by atoms with Crippen LogP contribution in [0.1, 0.15) is 5.56 Å². The van der Waals surface area contributed by atoms with E-state index in [1.165, 1.54) is 5.56 Å². The van der Waals surface area contributed by atoms with Crippen molar-refractivity contribution in [1.29, 1.82) is 0 Å². The van der Waals surface area contributed by atoms with Gasteiger partial charge in [-0.1, -0.05) is 24.3 Å². The standard InChI is InChI=1S/C24H26N6O2S/c1-25-14-17-4-6-19(7-5-17)23-28-29-24(32-23)22-16-26-15-21(27-22)18-8-10-20(11-9-18)33(31)13-12-30(2)3/h4-11,15-16,25H,12-14H2,1-3H3. The van der Waals surface area contributed by atoms with E-state index in [1.54, 1.807) is 12.4 Å². The van der Waals surface area contributed by atoms with Crippen molar-refractivity contribution in [3.8, 4) is 34.3 Å². The number of nitrogens with one attached hydrogen (secondary N) is 1. The molecule has 33 heavy (non-hydrogen) atoms. The van der Waals surface area contributed by atoms with Crippen molar-refractivity contribution in [2.75, 3.05) is 33.4 Å². The molecular formula is C24H26N6O2S. The molecule has 0 aliphatic carbocycles. The predicted molar refractivity (Wildman–Crippen MR) is 129 cm³/mol. The van der Waals surface area contributed by atoms with Gasteiger partial charge >= 0.3 is 0 Å². The molecule has 0 bridgehead atoms. The van der Waals surface area contributed by atoms with Crippen LogP contribution in [0.5, 0.6) is 0 Å². The summed E-state index contributed by atoms with van der Waals surface area (Å²) in [5.41, 5.74) is 4.06. The van der Waals surface area contributed by atoms with E-state index in [-0.39, 0.29) is 0 Å². The number of aromatic nitrogens is 4. The first kappa shape index (κ1) is 22.9. The fourth-order valence-electron chi connectivity index (χ4n) is 3.18. The van der Waals surface area contributed by atoms with Gasteiger partial charge in [-0.25, -0.2) is 4.98 Å². The summed E-state index contributed by atoms with van der Waals surface area (Å²) >= 11 is 0. The molecule has 9 heteroatoms. The highest BCUT2D eigenvalue weighted by atomic mass is 32.2. The van der Waals surface area contributed by atoms with Crippen LogP contribution in [-0.2, 0) is 17.3 Å². The summed E-state index contributed by atoms with van der Waals surface area (Å²) in [5, 5.41) is 11.4. The van der Waals surface area contributed by atoms with Crippen LogP contribution in [0.15, 0.2) is 70.2 Å². The van der Waals surface area contributed by atoms with Gasteiger partial charge < -0.3 is 14.6 Å². The maximum absolute atomic E-state index is 12.4. The summed E-state index contributed by atoms with van der Waals surface area (Å²) in [6.45, 7) is 1.57. The third-order valence-corrected chi connectivity index (χ3v) is 6.35. The fraction of sp³-hybridized carbons (Fsp3) is 0.250. The zero-order valence-electron chi connectivity index (χ0n) is 18.9. The Balaban J connectivity index is 1.51. The zero-order valence-corrected chi connectivity index (χ0v) is 19.7. The van der Waals surface area contributed by atoms with Crippen LogP contribution in [0.2, 0.25) is 0 Å². The molecule has 0 spiro atoms. The molecule has 1 N–H and O–H groups in total. The Hall–Kier alpha value is -3.27. The number of benzene rings is 2. The van der Waals surface area contributed by atoms with E-state index in [2.05, 4.69) is 25.5 Å². The molecule has 2 heterocycles. The van der Waals surface area contributed by atoms with Gasteiger partial charge in [0, 0.05) is 34.9 Å². The second-order valence-corrected chi connectivity index (χ2v) is 9.38. The second kappa shape index (κ2) is 10.6. The van der Waals surface area contributed by atoms with Crippen LogP contribution in [-0.4, -0.2) is 62.7 Å². The van der Waals surface area contributed by atoms with Crippen molar-refractivity contribution in [2.45, 2.75) is 11.4 Å². The van der Waals surface area contributed by atoms with Crippen LogP contribution in [0, 0.1) is 0 Å². The monoisotopic (exact) mass is 462 g/mol. The van der Waals surface area contributed by atoms with E-state index >= 15 is 0 Å². The second-order valence-electron chi connectivity index (χ2n) is 7.81. The molecule has 170 valence electrons. The minimum absolute atomic E-state index is 0.306. The number of hydrogen-bond donors (Lipinski definition) is 1. The van der Waals surface area contributed by atoms with E-state index in [0.717, 1.165) is 29.1 Å². The predicted octanol–water partition coefficient (Wildman–Crippen LogP) is 3.25. The van der Waals surface area contributed by atoms with Gasteiger partial charge in [0.05, 0.1) is 28.9 Å². The van der Waals surface area contributed by atoms with Crippen LogP contribution in [0.3, 0.4) is 0 Å². The highest BCUT2D eigenvalue weighted by Gasteiger charge is 2.14. The van der Waals surface area contributed by atoms with Crippen LogP contribution in [0.4, 0.5) is 0 Å². The van der Waals surface area contributed by atoms with Crippen LogP contribution < -0.4 is 5.32 Å². The third kappa shape index (κ3) is 5.75. The van der Waals surface area contributed by atoms with E-state index in [0.29, 0.717) is 28.9 Å². The molecule has 1 atom stereocenters. The third-order valence-electron chi connectivity index (χ3n) is 5.00. The van der Waals surface area contributed by atoms with Gasteiger partial charge in [0.1, 0.15) is 5.69 Å². The summed E-state index contributed by atoms with van der Waals surface area (Å²) < 4.78 is 18.3. The molecule has 0 amide bonds. The van der Waals surface area contributed by atoms with Gasteiger partial charge in [-0.2, -0.15) is 0 Å². The first-order valence-corrected chi connectivity index (χ1v) is 11.9. The quantitative estimate of drug-likeness (QED) is 0.405. The molecule has 1 unspecified atom stereocenters. The van der Waals surface area contributed by atoms with Gasteiger partial charge in [0.15, 0.2) is 0 Å². The molecule has 2 aromatic heterocycles. The smallest absolute Gasteiger partial charge is 0.268 e. The SMILES string of the molecule is CNCc1ccc(-c2nnc(-c3cncc(-c4ccc(S(=O)CCN(C)C)cc4)n3)o2)cc1. The van der Waals surface area contributed by atoms with Crippen LogP contribution in [0.25, 0.3) is 34.3 Å². The number of rotatable bonds is 9. The van der Waals surface area contributed by atoms with Crippen LogP contribution >= 0.6 is 0 Å². The van der Waals surface area contributed by atoms with Crippen molar-refractivity contribution in [2.24, 2.45) is 0 Å². The minimum Gasteiger partial charge on any atom is -0.415 e. The van der Waals surface area contributed by atoms with Gasteiger partial charge in [-0.3, -0.25) is 9.19 Å². The lowest BCUT2D eigenvalue weighted by Crippen LogP contribution is -2.18. The highest BCUT2D eigenvalue weighted by Crippen LogP contribution is 2.25. The van der Waals surface area contributed by atoms with E-state index < -0.39 is 10.8 Å². The molecule has 4 rings (SSSR count). The maximum Gasteiger partial charge on any atom is 0.268 e. The number of nitrogens with zero attached hydrogens (tertiary/aromatic N) is 5. The lowest BCUT2D eigenvalue weighted by molar-refractivity contribution is 0.435. The Morgan fingerprint density at radius 2 is 1.58 bits per heavy atom. The molecule has 0 radical (unpaired) electrons. The topological polar surface area (TPSA) is 97.0 Å². The van der Waals surface area contributed by atoms with Gasteiger partial charge in [-0.05, 0) is 51.0 Å². The summed E-state index contributed by atoms with van der Waals surface area (Å²) in [7, 11) is 4.82. The van der Waals surface area contributed by atoms with Crippen molar-refractivity contribution in [3.05, 3.63) is 66.5 Å². The Bertz CT molecular complexity index is 1220. The Morgan fingerprint density at radius 1 is 0.909 bits per heavy atom. The fourth-order valence-corrected chi connectivity index (χ4v) is 4.39. The first-order valence-electron chi connectivity index (χ1n) is 10.6. The molecule has 0 fully saturated rings. The van der Waals surface area contributed by atoms with Gasteiger partial charge in [0.25, 0.3) is 5.89 Å². The average Bonchev–Trinajstić information content (AvgIpc) is 3.34. The molecular weight excluding hydrogens is 436 g/mol. The highest BCUT2D eigenvalue weighted by molar-refractivity contribution is 7.85. The molecule has 0 aliphatic rings. The molecule has 8 nitrogen and oxygen atoms in total. The van der Waals surface area contributed by atoms with Gasteiger partial charge in [0.2, 0.25) is 5.89 Å². The minimum atomic E-state index is -1.04. The van der Waals surface area contributed by atoms with E-state index in [1.807, 2.05) is 74.6 Å². The lowest BCUT2D eigenvalue weighted by atomic mass is 10.1. The zero-order chi connectivity index (χ0) is 23.2. The largest absolute Gasteiger partial charge is 0.415 e. The molecule has 0 aliphatic heterocycles. The molecule has 0 saturated carbocycles. The van der Waals surface area contributed by atoms with Crippen molar-refractivity contribution in [3.63, 3.8) is 0 Å². The average molecular weight is 463 g/mol. The lowest BCUT2D eigenvalue weighted by Gasteiger charge is -2.09. The molecule has 4 aromatic rings. The molecule has 0 saturated heterocycles. The summed E-state index contributed by atoms with van der Waals surface area (Å²) in [4.78, 5) is 11.8. The normalized spacial score (nSPS) is 12.2.